The van der Waals surface area contributed by atoms with Gasteiger partial charge in [0, 0.05) is 24.8 Å². The van der Waals surface area contributed by atoms with Crippen LogP contribution in [0.2, 0.25) is 0 Å². The minimum Gasteiger partial charge on any atom is -0.395 e. The Balaban J connectivity index is 1.73. The molecule has 1 aliphatic rings. The van der Waals surface area contributed by atoms with Crippen molar-refractivity contribution >= 4 is 28.3 Å². The molecule has 2 aromatic rings. The first-order valence-corrected chi connectivity index (χ1v) is 10.4. The number of aliphatic hydroxyl groups excluding tert-OH is 1. The van der Waals surface area contributed by atoms with E-state index in [4.69, 9.17) is 12.2 Å². The molecule has 2 aromatic carbocycles. The van der Waals surface area contributed by atoms with Gasteiger partial charge >= 0.3 is 0 Å². The van der Waals surface area contributed by atoms with Gasteiger partial charge in [0.25, 0.3) is 0 Å². The van der Waals surface area contributed by atoms with E-state index in [9.17, 15) is 5.11 Å². The number of unbranched alkanes of at least 4 members (excludes halogenated alkanes) is 1. The van der Waals surface area contributed by atoms with E-state index in [1.807, 2.05) is 0 Å². The molecule has 1 N–H and O–H groups in total. The van der Waals surface area contributed by atoms with Crippen LogP contribution in [0, 0.1) is 0 Å². The molecule has 0 unspecified atom stereocenters. The highest BCUT2D eigenvalue weighted by molar-refractivity contribution is 8.22. The standard InChI is InChI=1S/C21H25NOS2/c1-2-3-12-22(13-14-23)21(24)25-15-20-18-10-6-4-8-16(18)17-9-5-7-11-19(17)20/h4-11,20,23H,2-3,12-15H2,1H3. The number of fused-ring (bicyclic) bond motifs is 3. The quantitative estimate of drug-likeness (QED) is 0.699. The van der Waals surface area contributed by atoms with Crippen LogP contribution in [0.4, 0.5) is 0 Å². The Morgan fingerprint density at radius 2 is 1.64 bits per heavy atom. The number of hydrogen-bond donors (Lipinski definition) is 1. The smallest absolute Gasteiger partial charge is 0.136 e. The summed E-state index contributed by atoms with van der Waals surface area (Å²) >= 11 is 7.41. The van der Waals surface area contributed by atoms with Crippen molar-refractivity contribution in [3.63, 3.8) is 0 Å². The van der Waals surface area contributed by atoms with Gasteiger partial charge in [-0.2, -0.15) is 0 Å². The summed E-state index contributed by atoms with van der Waals surface area (Å²) in [6.45, 7) is 3.89. The monoisotopic (exact) mass is 371 g/mol. The summed E-state index contributed by atoms with van der Waals surface area (Å²) in [5, 5.41) is 9.31. The summed E-state index contributed by atoms with van der Waals surface area (Å²) in [7, 11) is 0. The molecular formula is C21H25NOS2. The second-order valence-corrected chi connectivity index (χ2v) is 8.02. The van der Waals surface area contributed by atoms with Crippen LogP contribution in [-0.2, 0) is 0 Å². The van der Waals surface area contributed by atoms with Gasteiger partial charge in [-0.05, 0) is 28.7 Å². The Hall–Kier alpha value is -1.36. The molecule has 3 rings (SSSR count). The molecule has 1 aliphatic carbocycles. The van der Waals surface area contributed by atoms with E-state index in [0.29, 0.717) is 12.5 Å². The first-order chi connectivity index (χ1) is 12.3. The number of thiocarbonyl (C=S) groups is 1. The Labute approximate surface area is 160 Å². The molecule has 0 atom stereocenters. The van der Waals surface area contributed by atoms with Gasteiger partial charge in [0.1, 0.15) is 4.32 Å². The number of aliphatic hydroxyl groups is 1. The molecule has 0 fully saturated rings. The van der Waals surface area contributed by atoms with E-state index >= 15 is 0 Å². The summed E-state index contributed by atoms with van der Waals surface area (Å²) in [6.07, 6.45) is 2.24. The van der Waals surface area contributed by atoms with Crippen LogP contribution in [-0.4, -0.2) is 39.8 Å². The van der Waals surface area contributed by atoms with Crippen molar-refractivity contribution in [2.45, 2.75) is 25.7 Å². The predicted octanol–water partition coefficient (Wildman–Crippen LogP) is 4.91. The minimum absolute atomic E-state index is 0.152. The molecule has 25 heavy (non-hydrogen) atoms. The van der Waals surface area contributed by atoms with E-state index in [0.717, 1.165) is 29.5 Å². The lowest BCUT2D eigenvalue weighted by Crippen LogP contribution is -2.31. The van der Waals surface area contributed by atoms with E-state index in [-0.39, 0.29) is 6.61 Å². The molecule has 0 spiro atoms. The Morgan fingerprint density at radius 1 is 1.04 bits per heavy atom. The van der Waals surface area contributed by atoms with Crippen LogP contribution in [0.1, 0.15) is 36.8 Å². The van der Waals surface area contributed by atoms with Crippen molar-refractivity contribution in [1.29, 1.82) is 0 Å². The lowest BCUT2D eigenvalue weighted by molar-refractivity contribution is 0.251. The topological polar surface area (TPSA) is 23.5 Å². The largest absolute Gasteiger partial charge is 0.395 e. The number of rotatable bonds is 7. The Bertz CT molecular complexity index is 686. The second kappa shape index (κ2) is 8.84. The van der Waals surface area contributed by atoms with Crippen molar-refractivity contribution in [2.75, 3.05) is 25.4 Å². The van der Waals surface area contributed by atoms with Gasteiger partial charge in [0.05, 0.1) is 6.61 Å². The van der Waals surface area contributed by atoms with Gasteiger partial charge in [-0.25, -0.2) is 0 Å². The zero-order valence-electron chi connectivity index (χ0n) is 14.6. The molecule has 0 bridgehead atoms. The van der Waals surface area contributed by atoms with Crippen molar-refractivity contribution in [1.82, 2.24) is 4.90 Å². The zero-order chi connectivity index (χ0) is 17.6. The summed E-state index contributed by atoms with van der Waals surface area (Å²) in [5.74, 6) is 1.33. The lowest BCUT2D eigenvalue weighted by atomic mass is 9.99. The van der Waals surface area contributed by atoms with Crippen molar-refractivity contribution in [3.05, 3.63) is 59.7 Å². The van der Waals surface area contributed by atoms with E-state index < -0.39 is 0 Å². The number of nitrogens with zero attached hydrogens (tertiary/aromatic N) is 1. The molecule has 0 aliphatic heterocycles. The van der Waals surface area contributed by atoms with Crippen LogP contribution in [0.25, 0.3) is 11.1 Å². The van der Waals surface area contributed by atoms with Crippen molar-refractivity contribution < 1.29 is 5.11 Å². The molecule has 0 saturated carbocycles. The van der Waals surface area contributed by atoms with Gasteiger partial charge in [0.15, 0.2) is 0 Å². The molecular weight excluding hydrogens is 346 g/mol. The fourth-order valence-corrected chi connectivity index (χ4v) is 4.87. The molecule has 2 nitrogen and oxygen atoms in total. The fourth-order valence-electron chi connectivity index (χ4n) is 3.45. The van der Waals surface area contributed by atoms with Crippen LogP contribution < -0.4 is 0 Å². The second-order valence-electron chi connectivity index (χ2n) is 6.37. The maximum atomic E-state index is 9.31. The summed E-state index contributed by atoms with van der Waals surface area (Å²) < 4.78 is 0.907. The molecule has 0 amide bonds. The van der Waals surface area contributed by atoms with Gasteiger partial charge in [-0.15, -0.1) is 0 Å². The first kappa shape index (κ1) is 18.4. The van der Waals surface area contributed by atoms with Crippen molar-refractivity contribution in [2.24, 2.45) is 0 Å². The van der Waals surface area contributed by atoms with Gasteiger partial charge in [0.2, 0.25) is 0 Å². The predicted molar refractivity (Wildman–Crippen MR) is 112 cm³/mol. The molecule has 0 aromatic heterocycles. The molecule has 0 heterocycles. The fraction of sp³-hybridized carbons (Fsp3) is 0.381. The average molecular weight is 372 g/mol. The van der Waals surface area contributed by atoms with Crippen LogP contribution in [0.3, 0.4) is 0 Å². The number of benzene rings is 2. The van der Waals surface area contributed by atoms with E-state index in [1.165, 1.54) is 22.3 Å². The SMILES string of the molecule is CCCCN(CCO)C(=S)SCC1c2ccccc2-c2ccccc21. The molecule has 132 valence electrons. The summed E-state index contributed by atoms with van der Waals surface area (Å²) in [5.41, 5.74) is 5.52. The van der Waals surface area contributed by atoms with E-state index in [1.54, 1.807) is 11.8 Å². The molecule has 4 heteroatoms. The Kier molecular flexibility index (Phi) is 6.51. The van der Waals surface area contributed by atoms with Gasteiger partial charge in [-0.3, -0.25) is 0 Å². The minimum atomic E-state index is 0.152. The third-order valence-electron chi connectivity index (χ3n) is 4.75. The van der Waals surface area contributed by atoms with Gasteiger partial charge in [-0.1, -0.05) is 85.9 Å². The van der Waals surface area contributed by atoms with Crippen LogP contribution >= 0.6 is 24.0 Å². The first-order valence-electron chi connectivity index (χ1n) is 8.97. The molecule has 0 saturated heterocycles. The zero-order valence-corrected chi connectivity index (χ0v) is 16.3. The maximum Gasteiger partial charge on any atom is 0.136 e. The van der Waals surface area contributed by atoms with Crippen LogP contribution in [0.15, 0.2) is 48.5 Å². The Morgan fingerprint density at radius 3 is 2.20 bits per heavy atom. The van der Waals surface area contributed by atoms with E-state index in [2.05, 4.69) is 60.4 Å². The highest BCUT2D eigenvalue weighted by Gasteiger charge is 2.28. The lowest BCUT2D eigenvalue weighted by Gasteiger charge is -2.24. The third-order valence-corrected chi connectivity index (χ3v) is 6.36. The molecule has 0 radical (unpaired) electrons. The van der Waals surface area contributed by atoms with Crippen LogP contribution in [0.5, 0.6) is 0 Å². The van der Waals surface area contributed by atoms with Crippen molar-refractivity contribution in [3.8, 4) is 11.1 Å². The highest BCUT2D eigenvalue weighted by Crippen LogP contribution is 2.45. The summed E-state index contributed by atoms with van der Waals surface area (Å²) in [6, 6.07) is 17.4. The summed E-state index contributed by atoms with van der Waals surface area (Å²) in [4.78, 5) is 2.15. The average Bonchev–Trinajstić information content (AvgIpc) is 2.97. The maximum absolute atomic E-state index is 9.31. The van der Waals surface area contributed by atoms with Gasteiger partial charge < -0.3 is 10.0 Å². The highest BCUT2D eigenvalue weighted by atomic mass is 32.2. The third kappa shape index (κ3) is 4.08. The normalized spacial score (nSPS) is 12.7. The number of thioether (sulfide) groups is 1. The number of hydrogen-bond acceptors (Lipinski definition) is 3.